The molecule has 0 saturated carbocycles. The third-order valence-corrected chi connectivity index (χ3v) is 3.56. The number of nitrogen functional groups attached to an aromatic ring is 1. The Morgan fingerprint density at radius 1 is 1.37 bits per heavy atom. The van der Waals surface area contributed by atoms with Crippen molar-refractivity contribution < 1.29 is 4.79 Å². The lowest BCUT2D eigenvalue weighted by Gasteiger charge is -2.10. The van der Waals surface area contributed by atoms with E-state index in [0.717, 1.165) is 16.9 Å². The fraction of sp³-hybridized carbons (Fsp3) is 0.214. The first-order valence-electron chi connectivity index (χ1n) is 6.19. The van der Waals surface area contributed by atoms with Crippen LogP contribution in [0, 0.1) is 0 Å². The molecule has 0 radical (unpaired) electrons. The molecule has 100 valence electrons. The van der Waals surface area contributed by atoms with Gasteiger partial charge in [-0.2, -0.15) is 0 Å². The Kier molecular flexibility index (Phi) is 4.41. The molecule has 1 heterocycles. The van der Waals surface area contributed by atoms with Crippen molar-refractivity contribution in [1.82, 2.24) is 5.32 Å². The van der Waals surface area contributed by atoms with Gasteiger partial charge in [0, 0.05) is 11.4 Å². The summed E-state index contributed by atoms with van der Waals surface area (Å²) in [5, 5.41) is 7.56. The van der Waals surface area contributed by atoms with Gasteiger partial charge in [0.25, 0.3) is 0 Å². The van der Waals surface area contributed by atoms with Crippen molar-refractivity contribution in [2.75, 3.05) is 17.6 Å². The number of carbonyl (C=O) groups excluding carboxylic acids is 1. The zero-order chi connectivity index (χ0) is 13.7. The maximum absolute atomic E-state index is 11.6. The van der Waals surface area contributed by atoms with Crippen molar-refractivity contribution in [3.05, 3.63) is 35.7 Å². The number of nitrogens with one attached hydrogen (secondary N) is 2. The molecular formula is C14H17N3OS. The summed E-state index contributed by atoms with van der Waals surface area (Å²) in [4.78, 5) is 12.8. The van der Waals surface area contributed by atoms with Gasteiger partial charge in [-0.15, -0.1) is 11.3 Å². The molecule has 1 aromatic heterocycles. The van der Waals surface area contributed by atoms with E-state index in [0.29, 0.717) is 17.9 Å². The Hall–Kier alpha value is -2.01. The summed E-state index contributed by atoms with van der Waals surface area (Å²) >= 11 is 1.65. The Labute approximate surface area is 116 Å². The van der Waals surface area contributed by atoms with Gasteiger partial charge in [-0.25, -0.2) is 4.79 Å². The van der Waals surface area contributed by atoms with Crippen LogP contribution in [0.5, 0.6) is 0 Å². The van der Waals surface area contributed by atoms with Crippen LogP contribution in [0.2, 0.25) is 0 Å². The highest BCUT2D eigenvalue weighted by Gasteiger charge is 2.07. The van der Waals surface area contributed by atoms with Crippen molar-refractivity contribution in [2.24, 2.45) is 0 Å². The van der Waals surface area contributed by atoms with Crippen LogP contribution in [0.15, 0.2) is 35.7 Å². The topological polar surface area (TPSA) is 67.2 Å². The smallest absolute Gasteiger partial charge is 0.319 e. The first-order chi connectivity index (χ1) is 9.20. The maximum atomic E-state index is 11.6. The number of nitrogens with two attached hydrogens (primary N) is 1. The van der Waals surface area contributed by atoms with E-state index in [4.69, 9.17) is 5.73 Å². The summed E-state index contributed by atoms with van der Waals surface area (Å²) in [7, 11) is 0. The fourth-order valence-electron chi connectivity index (χ4n) is 1.67. The Balaban J connectivity index is 2.16. The molecule has 19 heavy (non-hydrogen) atoms. The molecule has 5 heteroatoms. The molecule has 0 bridgehead atoms. The van der Waals surface area contributed by atoms with E-state index in [2.05, 4.69) is 10.6 Å². The minimum atomic E-state index is -0.225. The molecule has 0 saturated heterocycles. The largest absolute Gasteiger partial charge is 0.397 e. The fourth-order valence-corrected chi connectivity index (χ4v) is 2.39. The molecule has 0 atom stereocenters. The molecule has 1 aromatic carbocycles. The van der Waals surface area contributed by atoms with Crippen LogP contribution in [-0.2, 0) is 0 Å². The molecule has 2 amide bonds. The van der Waals surface area contributed by atoms with Crippen LogP contribution in [0.1, 0.15) is 13.3 Å². The Morgan fingerprint density at radius 2 is 2.21 bits per heavy atom. The van der Waals surface area contributed by atoms with E-state index >= 15 is 0 Å². The molecule has 4 nitrogen and oxygen atoms in total. The van der Waals surface area contributed by atoms with Crippen LogP contribution >= 0.6 is 11.3 Å². The summed E-state index contributed by atoms with van der Waals surface area (Å²) in [5.74, 6) is 0. The van der Waals surface area contributed by atoms with Crippen molar-refractivity contribution in [1.29, 1.82) is 0 Å². The summed E-state index contributed by atoms with van der Waals surface area (Å²) in [5.41, 5.74) is 8.13. The van der Waals surface area contributed by atoms with Gasteiger partial charge in [0.2, 0.25) is 0 Å². The van der Waals surface area contributed by atoms with Gasteiger partial charge in [0.15, 0.2) is 0 Å². The van der Waals surface area contributed by atoms with Gasteiger partial charge in [0.05, 0.1) is 11.4 Å². The number of rotatable bonds is 4. The number of hydrogen-bond donors (Lipinski definition) is 3. The van der Waals surface area contributed by atoms with E-state index in [1.165, 1.54) is 0 Å². The lowest BCUT2D eigenvalue weighted by Crippen LogP contribution is -2.29. The lowest BCUT2D eigenvalue weighted by atomic mass is 10.1. The normalized spacial score (nSPS) is 10.2. The summed E-state index contributed by atoms with van der Waals surface area (Å²) in [6, 6.07) is 9.47. The Bertz CT molecular complexity index is 552. The van der Waals surface area contributed by atoms with Gasteiger partial charge >= 0.3 is 6.03 Å². The van der Waals surface area contributed by atoms with Crippen LogP contribution < -0.4 is 16.4 Å². The average molecular weight is 275 g/mol. The third-order valence-electron chi connectivity index (χ3n) is 2.64. The molecule has 0 unspecified atom stereocenters. The molecule has 4 N–H and O–H groups in total. The highest BCUT2D eigenvalue weighted by atomic mass is 32.1. The molecule has 0 aliphatic rings. The van der Waals surface area contributed by atoms with Crippen molar-refractivity contribution in [3.8, 4) is 10.4 Å². The van der Waals surface area contributed by atoms with Crippen LogP contribution in [0.4, 0.5) is 16.2 Å². The number of benzene rings is 1. The second-order valence-corrected chi connectivity index (χ2v) is 5.11. The zero-order valence-electron chi connectivity index (χ0n) is 10.8. The van der Waals surface area contributed by atoms with Crippen molar-refractivity contribution in [2.45, 2.75) is 13.3 Å². The number of amides is 2. The number of thiophene rings is 1. The first-order valence-corrected chi connectivity index (χ1v) is 7.07. The second kappa shape index (κ2) is 6.24. The van der Waals surface area contributed by atoms with Gasteiger partial charge in [-0.05, 0) is 35.6 Å². The maximum Gasteiger partial charge on any atom is 0.319 e. The molecular weight excluding hydrogens is 258 g/mol. The van der Waals surface area contributed by atoms with Gasteiger partial charge < -0.3 is 16.4 Å². The number of urea groups is 1. The lowest BCUT2D eigenvalue weighted by molar-refractivity contribution is 0.252. The van der Waals surface area contributed by atoms with E-state index in [-0.39, 0.29) is 6.03 Å². The predicted molar refractivity (Wildman–Crippen MR) is 81.5 cm³/mol. The summed E-state index contributed by atoms with van der Waals surface area (Å²) in [6.45, 7) is 2.66. The molecule has 0 aliphatic carbocycles. The molecule has 0 spiro atoms. The quantitative estimate of drug-likeness (QED) is 0.747. The highest BCUT2D eigenvalue weighted by Crippen LogP contribution is 2.30. The molecule has 0 fully saturated rings. The molecule has 0 aliphatic heterocycles. The first kappa shape index (κ1) is 13.4. The monoisotopic (exact) mass is 275 g/mol. The predicted octanol–water partition coefficient (Wildman–Crippen LogP) is 3.53. The summed E-state index contributed by atoms with van der Waals surface area (Å²) in [6.07, 6.45) is 0.901. The average Bonchev–Trinajstić information content (AvgIpc) is 2.93. The standard InChI is InChI=1S/C14H17N3OS/c1-2-7-16-14(18)17-12-9-10(5-6-11(12)15)13-4-3-8-19-13/h3-6,8-9H,2,7,15H2,1H3,(H2,16,17,18). The van der Waals surface area contributed by atoms with Gasteiger partial charge in [-0.3, -0.25) is 0 Å². The number of carbonyl (C=O) groups is 1. The minimum absolute atomic E-state index is 0.225. The third kappa shape index (κ3) is 3.48. The second-order valence-electron chi connectivity index (χ2n) is 4.16. The van der Waals surface area contributed by atoms with Gasteiger partial charge in [0.1, 0.15) is 0 Å². The van der Waals surface area contributed by atoms with Crippen LogP contribution in [-0.4, -0.2) is 12.6 Å². The van der Waals surface area contributed by atoms with E-state index in [1.54, 1.807) is 11.3 Å². The van der Waals surface area contributed by atoms with Crippen molar-refractivity contribution in [3.63, 3.8) is 0 Å². The molecule has 2 rings (SSSR count). The van der Waals surface area contributed by atoms with Gasteiger partial charge in [-0.1, -0.05) is 19.1 Å². The van der Waals surface area contributed by atoms with E-state index in [9.17, 15) is 4.79 Å². The highest BCUT2D eigenvalue weighted by molar-refractivity contribution is 7.13. The van der Waals surface area contributed by atoms with E-state index in [1.807, 2.05) is 42.6 Å². The molecule has 2 aromatic rings. The van der Waals surface area contributed by atoms with Crippen molar-refractivity contribution >= 4 is 28.7 Å². The number of anilines is 2. The minimum Gasteiger partial charge on any atom is -0.397 e. The Morgan fingerprint density at radius 3 is 2.89 bits per heavy atom. The summed E-state index contributed by atoms with van der Waals surface area (Å²) < 4.78 is 0. The number of hydrogen-bond acceptors (Lipinski definition) is 3. The SMILES string of the molecule is CCCNC(=O)Nc1cc(-c2cccs2)ccc1N. The zero-order valence-corrected chi connectivity index (χ0v) is 11.6. The van der Waals surface area contributed by atoms with E-state index < -0.39 is 0 Å². The van der Waals surface area contributed by atoms with Crippen LogP contribution in [0.25, 0.3) is 10.4 Å². The van der Waals surface area contributed by atoms with Crippen LogP contribution in [0.3, 0.4) is 0 Å².